The molecule has 0 saturated carbocycles. The molecular formula is C11H17N3O3. The molecule has 1 unspecified atom stereocenters. The van der Waals surface area contributed by atoms with E-state index < -0.39 is 5.60 Å². The van der Waals surface area contributed by atoms with Gasteiger partial charge in [0.1, 0.15) is 0 Å². The van der Waals surface area contributed by atoms with Crippen LogP contribution in [0.1, 0.15) is 31.5 Å². The number of rotatable bonds is 3. The van der Waals surface area contributed by atoms with E-state index in [1.165, 1.54) is 0 Å². The molecule has 1 aromatic heterocycles. The fourth-order valence-corrected chi connectivity index (χ4v) is 1.97. The first-order valence-electron chi connectivity index (χ1n) is 5.76. The molecule has 1 aliphatic rings. The van der Waals surface area contributed by atoms with Crippen molar-refractivity contribution in [3.05, 3.63) is 11.7 Å². The number of carbonyl (C=O) groups excluding carboxylic acids is 1. The van der Waals surface area contributed by atoms with E-state index in [4.69, 9.17) is 4.52 Å². The number of amides is 1. The van der Waals surface area contributed by atoms with Gasteiger partial charge in [-0.05, 0) is 20.3 Å². The molecule has 6 heteroatoms. The zero-order valence-corrected chi connectivity index (χ0v) is 10.1. The number of aliphatic hydroxyl groups is 1. The van der Waals surface area contributed by atoms with Gasteiger partial charge in [0.25, 0.3) is 0 Å². The van der Waals surface area contributed by atoms with E-state index in [-0.39, 0.29) is 5.91 Å². The smallest absolute Gasteiger partial charge is 0.227 e. The van der Waals surface area contributed by atoms with Gasteiger partial charge in [-0.25, -0.2) is 0 Å². The molecule has 1 saturated heterocycles. The molecule has 1 aliphatic heterocycles. The van der Waals surface area contributed by atoms with E-state index >= 15 is 0 Å². The van der Waals surface area contributed by atoms with Crippen LogP contribution in [0.5, 0.6) is 0 Å². The summed E-state index contributed by atoms with van der Waals surface area (Å²) in [5.41, 5.74) is -0.739. The fraction of sp³-hybridized carbons (Fsp3) is 0.727. The lowest BCUT2D eigenvalue weighted by molar-refractivity contribution is -0.131. The maximum absolute atomic E-state index is 11.8. The molecule has 0 aliphatic carbocycles. The van der Waals surface area contributed by atoms with Crippen LogP contribution in [0.15, 0.2) is 4.52 Å². The van der Waals surface area contributed by atoms with E-state index in [1.807, 2.05) is 0 Å². The van der Waals surface area contributed by atoms with Crippen LogP contribution in [0.2, 0.25) is 0 Å². The van der Waals surface area contributed by atoms with Crippen LogP contribution in [0.3, 0.4) is 0 Å². The van der Waals surface area contributed by atoms with Gasteiger partial charge >= 0.3 is 0 Å². The summed E-state index contributed by atoms with van der Waals surface area (Å²) in [5, 5.41) is 13.4. The Balaban J connectivity index is 1.82. The van der Waals surface area contributed by atoms with Crippen LogP contribution in [0.25, 0.3) is 0 Å². The van der Waals surface area contributed by atoms with Crippen molar-refractivity contribution in [3.63, 3.8) is 0 Å². The lowest BCUT2D eigenvalue weighted by Gasteiger charge is -2.18. The van der Waals surface area contributed by atoms with Crippen molar-refractivity contribution in [1.82, 2.24) is 15.0 Å². The summed E-state index contributed by atoms with van der Waals surface area (Å²) >= 11 is 0. The normalized spacial score (nSPS) is 24.3. The van der Waals surface area contributed by atoms with Crippen molar-refractivity contribution in [2.75, 3.05) is 13.1 Å². The van der Waals surface area contributed by atoms with Crippen molar-refractivity contribution in [2.45, 2.75) is 38.7 Å². The van der Waals surface area contributed by atoms with Crippen LogP contribution < -0.4 is 0 Å². The number of carbonyl (C=O) groups is 1. The Morgan fingerprint density at radius 3 is 2.94 bits per heavy atom. The standard InChI is InChI=1S/C11H17N3O3/c1-8-12-9(17-13-8)3-4-10(15)14-6-5-11(2,16)7-14/h16H,3-7H2,1-2H3. The van der Waals surface area contributed by atoms with E-state index in [0.29, 0.717) is 44.1 Å². The SMILES string of the molecule is Cc1noc(CCC(=O)N2CCC(C)(O)C2)n1. The first-order chi connectivity index (χ1) is 7.96. The number of aryl methyl sites for hydroxylation is 2. The minimum absolute atomic E-state index is 0.0265. The average molecular weight is 239 g/mol. The molecule has 94 valence electrons. The number of β-amino-alcohol motifs (C(OH)–C–C–N with tert-alkyl or cyclic N) is 1. The Labute approximate surface area is 99.6 Å². The molecule has 0 bridgehead atoms. The molecule has 0 spiro atoms. The minimum atomic E-state index is -0.739. The van der Waals surface area contributed by atoms with Crippen molar-refractivity contribution in [1.29, 1.82) is 0 Å². The van der Waals surface area contributed by atoms with Gasteiger partial charge < -0.3 is 14.5 Å². The summed E-state index contributed by atoms with van der Waals surface area (Å²) in [6.45, 7) is 4.53. The highest BCUT2D eigenvalue weighted by molar-refractivity contribution is 5.76. The molecule has 0 aromatic carbocycles. The highest BCUT2D eigenvalue weighted by Gasteiger charge is 2.33. The zero-order valence-electron chi connectivity index (χ0n) is 10.1. The Hall–Kier alpha value is -1.43. The second kappa shape index (κ2) is 4.44. The molecule has 17 heavy (non-hydrogen) atoms. The van der Waals surface area contributed by atoms with Crippen molar-refractivity contribution < 1.29 is 14.4 Å². The topological polar surface area (TPSA) is 79.5 Å². The number of hydrogen-bond donors (Lipinski definition) is 1. The number of nitrogens with zero attached hydrogens (tertiary/aromatic N) is 3. The van der Waals surface area contributed by atoms with E-state index in [9.17, 15) is 9.90 Å². The zero-order chi connectivity index (χ0) is 12.5. The quantitative estimate of drug-likeness (QED) is 0.820. The fourth-order valence-electron chi connectivity index (χ4n) is 1.97. The van der Waals surface area contributed by atoms with Crippen molar-refractivity contribution >= 4 is 5.91 Å². The first-order valence-corrected chi connectivity index (χ1v) is 5.76. The van der Waals surface area contributed by atoms with E-state index in [2.05, 4.69) is 10.1 Å². The van der Waals surface area contributed by atoms with Gasteiger partial charge in [0.2, 0.25) is 11.8 Å². The molecule has 1 atom stereocenters. The molecule has 6 nitrogen and oxygen atoms in total. The Bertz CT molecular complexity index is 414. The van der Waals surface area contributed by atoms with Crippen LogP contribution in [-0.2, 0) is 11.2 Å². The van der Waals surface area contributed by atoms with Gasteiger partial charge in [0.15, 0.2) is 5.82 Å². The molecule has 2 heterocycles. The molecule has 1 N–H and O–H groups in total. The molecule has 1 fully saturated rings. The molecule has 1 aromatic rings. The number of aromatic nitrogens is 2. The molecular weight excluding hydrogens is 222 g/mol. The van der Waals surface area contributed by atoms with Crippen LogP contribution in [0.4, 0.5) is 0 Å². The Kier molecular flexibility index (Phi) is 3.15. The lowest BCUT2D eigenvalue weighted by atomic mass is 10.1. The summed E-state index contributed by atoms with van der Waals surface area (Å²) in [6, 6.07) is 0. The summed E-state index contributed by atoms with van der Waals surface area (Å²) in [6.07, 6.45) is 1.44. The van der Waals surface area contributed by atoms with Crippen LogP contribution in [-0.4, -0.2) is 44.7 Å². The van der Waals surface area contributed by atoms with Gasteiger partial charge in [-0.2, -0.15) is 4.98 Å². The third-order valence-electron chi connectivity index (χ3n) is 2.93. The van der Waals surface area contributed by atoms with Gasteiger partial charge in [-0.1, -0.05) is 5.16 Å². The molecule has 2 rings (SSSR count). The van der Waals surface area contributed by atoms with Crippen molar-refractivity contribution in [3.8, 4) is 0 Å². The molecule has 0 radical (unpaired) electrons. The van der Waals surface area contributed by atoms with Crippen molar-refractivity contribution in [2.24, 2.45) is 0 Å². The third-order valence-corrected chi connectivity index (χ3v) is 2.93. The third kappa shape index (κ3) is 3.03. The van der Waals surface area contributed by atoms with Gasteiger partial charge in [-0.3, -0.25) is 4.79 Å². The van der Waals surface area contributed by atoms with E-state index in [1.54, 1.807) is 18.7 Å². The Morgan fingerprint density at radius 1 is 1.65 bits per heavy atom. The van der Waals surface area contributed by atoms with Gasteiger partial charge in [0, 0.05) is 25.9 Å². The van der Waals surface area contributed by atoms with Gasteiger partial charge in [-0.15, -0.1) is 0 Å². The number of likely N-dealkylation sites (tertiary alicyclic amines) is 1. The summed E-state index contributed by atoms with van der Waals surface area (Å²) < 4.78 is 4.94. The summed E-state index contributed by atoms with van der Waals surface area (Å²) in [4.78, 5) is 17.6. The van der Waals surface area contributed by atoms with Crippen LogP contribution >= 0.6 is 0 Å². The second-order valence-electron chi connectivity index (χ2n) is 4.80. The monoisotopic (exact) mass is 239 g/mol. The highest BCUT2D eigenvalue weighted by Crippen LogP contribution is 2.21. The van der Waals surface area contributed by atoms with Gasteiger partial charge in [0.05, 0.1) is 5.60 Å². The largest absolute Gasteiger partial charge is 0.388 e. The lowest BCUT2D eigenvalue weighted by Crippen LogP contribution is -2.34. The summed E-state index contributed by atoms with van der Waals surface area (Å²) in [7, 11) is 0. The van der Waals surface area contributed by atoms with Crippen LogP contribution in [0, 0.1) is 6.92 Å². The summed E-state index contributed by atoms with van der Waals surface area (Å²) in [5.74, 6) is 1.09. The first kappa shape index (κ1) is 12.0. The Morgan fingerprint density at radius 2 is 2.41 bits per heavy atom. The predicted molar refractivity (Wildman–Crippen MR) is 59.2 cm³/mol. The van der Waals surface area contributed by atoms with E-state index in [0.717, 1.165) is 0 Å². The number of hydrogen-bond acceptors (Lipinski definition) is 5. The second-order valence-corrected chi connectivity index (χ2v) is 4.80. The molecule has 1 amide bonds. The maximum atomic E-state index is 11.8. The average Bonchev–Trinajstić information content (AvgIpc) is 2.81. The minimum Gasteiger partial charge on any atom is -0.388 e. The maximum Gasteiger partial charge on any atom is 0.227 e. The highest BCUT2D eigenvalue weighted by atomic mass is 16.5. The predicted octanol–water partition coefficient (Wildman–Crippen LogP) is 0.294.